The standard InChI is InChI=1S/C24H30N4O4/c1-2-5-22(29)28-20-7-3-6-19(14-20)25-16-23(30)27-18-11-9-17(10-12-18)24(31)26-15-21-8-4-13-32-21/h3,6-7,9-12,14,21,25H,2,4-5,8,13,15-16H2,1H3,(H,26,31)(H,27,30)(H,28,29). The van der Waals surface area contributed by atoms with Crippen molar-refractivity contribution in [3.63, 3.8) is 0 Å². The molecule has 1 atom stereocenters. The van der Waals surface area contributed by atoms with Crippen molar-refractivity contribution >= 4 is 34.8 Å². The summed E-state index contributed by atoms with van der Waals surface area (Å²) in [5.41, 5.74) is 2.55. The second-order valence-corrected chi connectivity index (χ2v) is 7.70. The lowest BCUT2D eigenvalue weighted by molar-refractivity contribution is -0.116. The highest BCUT2D eigenvalue weighted by molar-refractivity contribution is 5.97. The van der Waals surface area contributed by atoms with Crippen molar-refractivity contribution in [2.45, 2.75) is 38.7 Å². The van der Waals surface area contributed by atoms with Gasteiger partial charge in [-0.2, -0.15) is 0 Å². The Balaban J connectivity index is 1.43. The molecule has 0 bridgehead atoms. The van der Waals surface area contributed by atoms with Gasteiger partial charge >= 0.3 is 0 Å². The van der Waals surface area contributed by atoms with Gasteiger partial charge in [0.15, 0.2) is 0 Å². The topological polar surface area (TPSA) is 109 Å². The molecular weight excluding hydrogens is 408 g/mol. The Hall–Kier alpha value is -3.39. The molecule has 1 aliphatic rings. The molecule has 8 nitrogen and oxygen atoms in total. The summed E-state index contributed by atoms with van der Waals surface area (Å²) in [6.07, 6.45) is 3.35. The largest absolute Gasteiger partial charge is 0.376 e. The summed E-state index contributed by atoms with van der Waals surface area (Å²) in [4.78, 5) is 36.2. The third kappa shape index (κ3) is 7.39. The van der Waals surface area contributed by atoms with E-state index in [9.17, 15) is 14.4 Å². The molecule has 8 heteroatoms. The first-order valence-electron chi connectivity index (χ1n) is 11.0. The molecule has 0 aliphatic carbocycles. The minimum absolute atomic E-state index is 0.0357. The van der Waals surface area contributed by atoms with Crippen LogP contribution < -0.4 is 21.3 Å². The van der Waals surface area contributed by atoms with Gasteiger partial charge in [0.25, 0.3) is 5.91 Å². The smallest absolute Gasteiger partial charge is 0.251 e. The molecule has 2 aromatic rings. The normalized spacial score (nSPS) is 15.1. The van der Waals surface area contributed by atoms with Crippen molar-refractivity contribution in [3.05, 3.63) is 54.1 Å². The first-order chi connectivity index (χ1) is 15.5. The van der Waals surface area contributed by atoms with Crippen molar-refractivity contribution in [1.29, 1.82) is 0 Å². The van der Waals surface area contributed by atoms with Crippen LogP contribution in [0.25, 0.3) is 0 Å². The SMILES string of the molecule is CCCC(=O)Nc1cccc(NCC(=O)Nc2ccc(C(=O)NCC3CCCO3)cc2)c1. The van der Waals surface area contributed by atoms with Crippen LogP contribution in [0.2, 0.25) is 0 Å². The molecule has 1 fully saturated rings. The lowest BCUT2D eigenvalue weighted by Crippen LogP contribution is -2.31. The summed E-state index contributed by atoms with van der Waals surface area (Å²) >= 11 is 0. The summed E-state index contributed by atoms with van der Waals surface area (Å²) in [5, 5.41) is 11.5. The highest BCUT2D eigenvalue weighted by Gasteiger charge is 2.16. The second kappa shape index (κ2) is 11.9. The lowest BCUT2D eigenvalue weighted by atomic mass is 10.2. The predicted octanol–water partition coefficient (Wildman–Crippen LogP) is 3.38. The van der Waals surface area contributed by atoms with Crippen LogP contribution in [0.3, 0.4) is 0 Å². The number of carbonyl (C=O) groups is 3. The van der Waals surface area contributed by atoms with E-state index in [-0.39, 0.29) is 30.4 Å². The molecule has 170 valence electrons. The summed E-state index contributed by atoms with van der Waals surface area (Å²) < 4.78 is 5.50. The van der Waals surface area contributed by atoms with Gasteiger partial charge in [0.05, 0.1) is 12.6 Å². The van der Waals surface area contributed by atoms with E-state index in [4.69, 9.17) is 4.74 Å². The average Bonchev–Trinajstić information content (AvgIpc) is 3.31. The summed E-state index contributed by atoms with van der Waals surface area (Å²) in [6.45, 7) is 3.28. The van der Waals surface area contributed by atoms with Crippen LogP contribution in [0, 0.1) is 0 Å². The van der Waals surface area contributed by atoms with Crippen LogP contribution in [-0.4, -0.2) is 43.5 Å². The Morgan fingerprint density at radius 3 is 2.44 bits per heavy atom. The van der Waals surface area contributed by atoms with E-state index in [1.165, 1.54) is 0 Å². The number of rotatable bonds is 10. The number of ether oxygens (including phenoxy) is 1. The van der Waals surface area contributed by atoms with Crippen molar-refractivity contribution in [3.8, 4) is 0 Å². The lowest BCUT2D eigenvalue weighted by Gasteiger charge is -2.12. The molecule has 1 unspecified atom stereocenters. The molecule has 4 N–H and O–H groups in total. The Morgan fingerprint density at radius 1 is 0.969 bits per heavy atom. The molecule has 0 saturated carbocycles. The van der Waals surface area contributed by atoms with Gasteiger partial charge in [-0.25, -0.2) is 0 Å². The zero-order valence-electron chi connectivity index (χ0n) is 18.3. The quantitative estimate of drug-likeness (QED) is 0.455. The van der Waals surface area contributed by atoms with E-state index in [0.717, 1.165) is 31.6 Å². The van der Waals surface area contributed by atoms with Crippen LogP contribution in [0.15, 0.2) is 48.5 Å². The summed E-state index contributed by atoms with van der Waals surface area (Å²) in [5.74, 6) is -0.418. The van der Waals surface area contributed by atoms with Gasteiger partial charge in [-0.05, 0) is 61.7 Å². The van der Waals surface area contributed by atoms with Crippen LogP contribution in [0.4, 0.5) is 17.1 Å². The molecule has 32 heavy (non-hydrogen) atoms. The molecule has 0 radical (unpaired) electrons. The van der Waals surface area contributed by atoms with Crippen molar-refractivity contribution in [2.24, 2.45) is 0 Å². The fourth-order valence-electron chi connectivity index (χ4n) is 3.36. The third-order valence-corrected chi connectivity index (χ3v) is 5.02. The molecule has 1 aliphatic heterocycles. The maximum Gasteiger partial charge on any atom is 0.251 e. The fourth-order valence-corrected chi connectivity index (χ4v) is 3.36. The summed E-state index contributed by atoms with van der Waals surface area (Å²) in [6, 6.07) is 14.0. The molecule has 1 heterocycles. The number of nitrogens with one attached hydrogen (secondary N) is 4. The predicted molar refractivity (Wildman–Crippen MR) is 125 cm³/mol. The number of carbonyl (C=O) groups excluding carboxylic acids is 3. The van der Waals surface area contributed by atoms with Gasteiger partial charge in [0, 0.05) is 42.2 Å². The van der Waals surface area contributed by atoms with Crippen LogP contribution in [-0.2, 0) is 14.3 Å². The van der Waals surface area contributed by atoms with Gasteiger partial charge in [0.2, 0.25) is 11.8 Å². The first kappa shape index (κ1) is 23.3. The average molecular weight is 439 g/mol. The zero-order valence-corrected chi connectivity index (χ0v) is 18.3. The molecule has 3 rings (SSSR count). The number of anilines is 3. The molecule has 0 aromatic heterocycles. The number of amides is 3. The van der Waals surface area contributed by atoms with E-state index in [0.29, 0.717) is 29.9 Å². The Kier molecular flexibility index (Phi) is 8.62. The Bertz CT molecular complexity index is 924. The zero-order chi connectivity index (χ0) is 22.8. The molecule has 1 saturated heterocycles. The first-order valence-corrected chi connectivity index (χ1v) is 11.0. The number of hydrogen-bond acceptors (Lipinski definition) is 5. The van der Waals surface area contributed by atoms with E-state index in [1.54, 1.807) is 36.4 Å². The third-order valence-electron chi connectivity index (χ3n) is 5.02. The van der Waals surface area contributed by atoms with Gasteiger partial charge in [-0.15, -0.1) is 0 Å². The van der Waals surface area contributed by atoms with Crippen molar-refractivity contribution in [1.82, 2.24) is 5.32 Å². The van der Waals surface area contributed by atoms with Gasteiger partial charge < -0.3 is 26.0 Å². The second-order valence-electron chi connectivity index (χ2n) is 7.70. The van der Waals surface area contributed by atoms with Crippen LogP contribution in [0.1, 0.15) is 43.0 Å². The Labute approximate surface area is 188 Å². The van der Waals surface area contributed by atoms with Crippen LogP contribution >= 0.6 is 0 Å². The number of hydrogen-bond donors (Lipinski definition) is 4. The molecule has 2 aromatic carbocycles. The van der Waals surface area contributed by atoms with Crippen molar-refractivity contribution in [2.75, 3.05) is 35.6 Å². The highest BCUT2D eigenvalue weighted by atomic mass is 16.5. The molecular formula is C24H30N4O4. The highest BCUT2D eigenvalue weighted by Crippen LogP contribution is 2.16. The number of benzene rings is 2. The Morgan fingerprint density at radius 2 is 1.72 bits per heavy atom. The monoisotopic (exact) mass is 438 g/mol. The maximum absolute atomic E-state index is 12.3. The maximum atomic E-state index is 12.3. The molecule has 0 spiro atoms. The van der Waals surface area contributed by atoms with E-state index in [2.05, 4.69) is 21.3 Å². The van der Waals surface area contributed by atoms with Crippen molar-refractivity contribution < 1.29 is 19.1 Å². The van der Waals surface area contributed by atoms with E-state index in [1.807, 2.05) is 19.1 Å². The minimum atomic E-state index is -0.221. The summed E-state index contributed by atoms with van der Waals surface area (Å²) in [7, 11) is 0. The molecule has 3 amide bonds. The van der Waals surface area contributed by atoms with Crippen LogP contribution in [0.5, 0.6) is 0 Å². The van der Waals surface area contributed by atoms with E-state index >= 15 is 0 Å². The fraction of sp³-hybridized carbons (Fsp3) is 0.375. The van der Waals surface area contributed by atoms with Gasteiger partial charge in [-0.3, -0.25) is 14.4 Å². The minimum Gasteiger partial charge on any atom is -0.376 e. The van der Waals surface area contributed by atoms with E-state index < -0.39 is 0 Å². The van der Waals surface area contributed by atoms with Gasteiger partial charge in [-0.1, -0.05) is 13.0 Å². The van der Waals surface area contributed by atoms with Gasteiger partial charge in [0.1, 0.15) is 0 Å².